The van der Waals surface area contributed by atoms with Crippen LogP contribution >= 0.6 is 0 Å². The van der Waals surface area contributed by atoms with Gasteiger partial charge in [0, 0.05) is 30.5 Å². The molecule has 0 saturated carbocycles. The van der Waals surface area contributed by atoms with Crippen molar-refractivity contribution in [1.82, 2.24) is 30.4 Å². The number of para-hydroxylation sites is 1. The predicted octanol–water partition coefficient (Wildman–Crippen LogP) is 6.80. The summed E-state index contributed by atoms with van der Waals surface area (Å²) in [6, 6.07) is 21.3. The summed E-state index contributed by atoms with van der Waals surface area (Å²) >= 11 is 0. The van der Waals surface area contributed by atoms with Crippen molar-refractivity contribution in [3.8, 4) is 34.0 Å². The van der Waals surface area contributed by atoms with Crippen LogP contribution in [0.4, 0.5) is 10.5 Å². The lowest BCUT2D eigenvalue weighted by molar-refractivity contribution is -0.135. The maximum Gasteiger partial charge on any atom is 0.407 e. The highest BCUT2D eigenvalue weighted by Crippen LogP contribution is 2.45. The fraction of sp³-hybridized carbons (Fsp3) is 0.350. The first-order valence-electron chi connectivity index (χ1n) is 18.0. The van der Waals surface area contributed by atoms with Gasteiger partial charge in [0.25, 0.3) is 0 Å². The monoisotopic (exact) mass is 699 g/mol. The number of imidazole rings is 1. The molecule has 1 saturated heterocycles. The van der Waals surface area contributed by atoms with E-state index in [4.69, 9.17) is 9.15 Å². The molecule has 3 aromatic carbocycles. The van der Waals surface area contributed by atoms with Gasteiger partial charge in [-0.25, -0.2) is 9.78 Å². The van der Waals surface area contributed by atoms with Gasteiger partial charge in [-0.3, -0.25) is 14.5 Å². The van der Waals surface area contributed by atoms with E-state index in [-0.39, 0.29) is 29.8 Å². The molecule has 0 spiro atoms. The van der Waals surface area contributed by atoms with Crippen molar-refractivity contribution in [2.75, 3.05) is 18.6 Å². The Morgan fingerprint density at radius 1 is 0.904 bits per heavy atom. The predicted molar refractivity (Wildman–Crippen MR) is 194 cm³/mol. The standard InChI is InChI=1S/C40H41N7O5/c1-23(2)34(43-40(50)51-3)39(49)46-20-6-10-31(46)30-22-41-36(42-30)27-16-12-24(13-17-27)25-14-18-28(19-15-25)37-44-45-38(52-37)32-21-29-9-4-7-26-8-5-11-33(48)47(32)35(26)29/h4,7,9,12-19,22-23,31-32,34H,5-6,8,10-11,20-21H2,1-3H3,(H,41,42)(H,43,50)/t31-,32-,34-/m0/s1. The van der Waals surface area contributed by atoms with Gasteiger partial charge >= 0.3 is 6.09 Å². The Morgan fingerprint density at radius 2 is 1.62 bits per heavy atom. The number of benzene rings is 3. The molecule has 8 rings (SSSR count). The van der Waals surface area contributed by atoms with Gasteiger partial charge in [0.2, 0.25) is 23.6 Å². The van der Waals surface area contributed by atoms with Gasteiger partial charge in [-0.15, -0.1) is 10.2 Å². The Morgan fingerprint density at radius 3 is 2.35 bits per heavy atom. The number of aryl methyl sites for hydroxylation is 1. The number of anilines is 1. The van der Waals surface area contributed by atoms with Crippen molar-refractivity contribution in [2.24, 2.45) is 5.92 Å². The van der Waals surface area contributed by atoms with Gasteiger partial charge in [-0.2, -0.15) is 0 Å². The van der Waals surface area contributed by atoms with E-state index in [9.17, 15) is 14.4 Å². The van der Waals surface area contributed by atoms with Crippen LogP contribution in [0.2, 0.25) is 0 Å². The highest BCUT2D eigenvalue weighted by atomic mass is 16.5. The van der Waals surface area contributed by atoms with Gasteiger partial charge in [0.15, 0.2) is 0 Å². The molecular formula is C40H41N7O5. The number of likely N-dealkylation sites (tertiary alicyclic amines) is 1. The molecule has 2 aromatic heterocycles. The molecule has 3 atom stereocenters. The van der Waals surface area contributed by atoms with E-state index in [0.29, 0.717) is 31.2 Å². The Kier molecular flexibility index (Phi) is 8.82. The molecule has 1 fully saturated rings. The van der Waals surface area contributed by atoms with Crippen LogP contribution < -0.4 is 10.2 Å². The number of rotatable bonds is 8. The summed E-state index contributed by atoms with van der Waals surface area (Å²) in [6.45, 7) is 4.42. The summed E-state index contributed by atoms with van der Waals surface area (Å²) in [5.74, 6) is 1.49. The largest absolute Gasteiger partial charge is 0.453 e. The highest BCUT2D eigenvalue weighted by Gasteiger charge is 2.41. The zero-order valence-electron chi connectivity index (χ0n) is 29.5. The molecule has 0 unspecified atom stereocenters. The zero-order chi connectivity index (χ0) is 35.9. The fourth-order valence-corrected chi connectivity index (χ4v) is 7.82. The number of nitrogens with one attached hydrogen (secondary N) is 2. The second-order valence-electron chi connectivity index (χ2n) is 14.1. The number of carbonyl (C=O) groups excluding carboxylic acids is 3. The number of hydrogen-bond acceptors (Lipinski definition) is 8. The van der Waals surface area contributed by atoms with Crippen molar-refractivity contribution in [3.63, 3.8) is 0 Å². The molecule has 12 heteroatoms. The average molecular weight is 700 g/mol. The minimum atomic E-state index is -0.674. The van der Waals surface area contributed by atoms with Crippen molar-refractivity contribution < 1.29 is 23.5 Å². The molecule has 0 radical (unpaired) electrons. The van der Waals surface area contributed by atoms with E-state index in [1.807, 2.05) is 60.0 Å². The number of H-pyrrole nitrogens is 1. The number of hydrogen-bond donors (Lipinski definition) is 2. The summed E-state index contributed by atoms with van der Waals surface area (Å²) < 4.78 is 11.0. The van der Waals surface area contributed by atoms with E-state index >= 15 is 0 Å². The molecule has 0 bridgehead atoms. The summed E-state index contributed by atoms with van der Waals surface area (Å²) in [7, 11) is 1.29. The van der Waals surface area contributed by atoms with E-state index in [0.717, 1.165) is 70.7 Å². The number of alkyl carbamates (subject to hydrolysis) is 1. The Hall–Kier alpha value is -5.78. The van der Waals surface area contributed by atoms with Crippen LogP contribution in [0.15, 0.2) is 77.3 Å². The summed E-state index contributed by atoms with van der Waals surface area (Å²) in [4.78, 5) is 50.4. The zero-order valence-corrected chi connectivity index (χ0v) is 29.5. The Labute approximate surface area is 301 Å². The molecular weight excluding hydrogens is 658 g/mol. The third-order valence-electron chi connectivity index (χ3n) is 10.5. The van der Waals surface area contributed by atoms with E-state index in [1.54, 1.807) is 6.20 Å². The minimum absolute atomic E-state index is 0.0941. The average Bonchev–Trinajstić information content (AvgIpc) is 3.98. The molecule has 0 aliphatic carbocycles. The quantitative estimate of drug-likeness (QED) is 0.180. The molecule has 5 heterocycles. The fourth-order valence-electron chi connectivity index (χ4n) is 7.82. The van der Waals surface area contributed by atoms with Crippen molar-refractivity contribution in [2.45, 2.75) is 70.5 Å². The van der Waals surface area contributed by atoms with E-state index in [2.05, 4.69) is 55.8 Å². The first-order chi connectivity index (χ1) is 25.3. The molecule has 3 amide bonds. The van der Waals surface area contributed by atoms with Crippen molar-refractivity contribution in [1.29, 1.82) is 0 Å². The molecule has 3 aliphatic heterocycles. The third kappa shape index (κ3) is 6.12. The SMILES string of the molecule is COC(=O)N[C@H](C(=O)N1CCC[C@H]1c1cnc(-c2ccc(-c3ccc(-c4nnc([C@@H]5Cc6cccc7c6N5C(=O)CCC7)o4)cc3)cc2)[nH]1)C(C)C. The number of ether oxygens (including phenoxy) is 1. The van der Waals surface area contributed by atoms with Crippen LogP contribution in [0, 0.1) is 5.92 Å². The second kappa shape index (κ2) is 13.7. The summed E-state index contributed by atoms with van der Waals surface area (Å²) in [6.07, 6.45) is 5.77. The first-order valence-corrected chi connectivity index (χ1v) is 18.0. The van der Waals surface area contributed by atoms with Gasteiger partial charge in [0.1, 0.15) is 17.9 Å². The number of methoxy groups -OCH3 is 1. The van der Waals surface area contributed by atoms with E-state index in [1.165, 1.54) is 12.7 Å². The molecule has 52 heavy (non-hydrogen) atoms. The minimum Gasteiger partial charge on any atom is -0.453 e. The lowest BCUT2D eigenvalue weighted by Crippen LogP contribution is -2.51. The van der Waals surface area contributed by atoms with Gasteiger partial charge < -0.3 is 24.4 Å². The van der Waals surface area contributed by atoms with Crippen LogP contribution in [0.1, 0.15) is 74.3 Å². The Balaban J connectivity index is 0.945. The van der Waals surface area contributed by atoms with Gasteiger partial charge in [-0.05, 0) is 66.0 Å². The van der Waals surface area contributed by atoms with Crippen LogP contribution in [0.25, 0.3) is 34.0 Å². The molecule has 266 valence electrons. The van der Waals surface area contributed by atoms with Crippen molar-refractivity contribution in [3.05, 3.63) is 95.6 Å². The molecule has 3 aliphatic rings. The van der Waals surface area contributed by atoms with Crippen LogP contribution in [-0.4, -0.2) is 62.7 Å². The van der Waals surface area contributed by atoms with E-state index < -0.39 is 12.1 Å². The normalized spacial score (nSPS) is 18.7. The smallest absolute Gasteiger partial charge is 0.407 e. The third-order valence-corrected chi connectivity index (χ3v) is 10.5. The van der Waals surface area contributed by atoms with Crippen molar-refractivity contribution >= 4 is 23.6 Å². The van der Waals surface area contributed by atoms with Crippen LogP contribution in [-0.2, 0) is 27.2 Å². The highest BCUT2D eigenvalue weighted by molar-refractivity contribution is 5.98. The maximum atomic E-state index is 13.5. The van der Waals surface area contributed by atoms with Crippen LogP contribution in [0.5, 0.6) is 0 Å². The molecule has 5 aromatic rings. The first kappa shape index (κ1) is 33.4. The number of nitrogens with zero attached hydrogens (tertiary/aromatic N) is 5. The van der Waals surface area contributed by atoms with Gasteiger partial charge in [-0.1, -0.05) is 68.4 Å². The number of aromatic amines is 1. The summed E-state index contributed by atoms with van der Waals surface area (Å²) in [5.41, 5.74) is 8.06. The molecule has 2 N–H and O–H groups in total. The topological polar surface area (TPSA) is 147 Å². The number of carbonyl (C=O) groups is 3. The lowest BCUT2D eigenvalue weighted by atomic mass is 10.0. The second-order valence-corrected chi connectivity index (χ2v) is 14.1. The lowest BCUT2D eigenvalue weighted by Gasteiger charge is -2.30. The maximum absolute atomic E-state index is 13.5. The van der Waals surface area contributed by atoms with Gasteiger partial charge in [0.05, 0.1) is 30.7 Å². The van der Waals surface area contributed by atoms with Crippen LogP contribution in [0.3, 0.4) is 0 Å². The summed E-state index contributed by atoms with van der Waals surface area (Å²) in [5, 5.41) is 11.5. The molecule has 12 nitrogen and oxygen atoms in total. The Bertz CT molecular complexity index is 2120. The number of aromatic nitrogens is 4. The number of amides is 3.